The minimum atomic E-state index is -0.207. The van der Waals surface area contributed by atoms with Gasteiger partial charge in [-0.3, -0.25) is 14.4 Å². The maximum Gasteiger partial charge on any atom is 0.259 e. The molecule has 0 spiro atoms. The number of carbonyl (C=O) groups is 1. The second-order valence-corrected chi connectivity index (χ2v) is 6.84. The topological polar surface area (TPSA) is 84.1 Å². The number of fused-ring (bicyclic) bond motifs is 3. The maximum absolute atomic E-state index is 12.2. The number of nitrogens with zero attached hydrogens (tertiary/aromatic N) is 1. The molecule has 2 aromatic rings. The summed E-state index contributed by atoms with van der Waals surface area (Å²) in [5, 5.41) is 0.762. The van der Waals surface area contributed by atoms with Gasteiger partial charge in [0.1, 0.15) is 10.7 Å². The van der Waals surface area contributed by atoms with Crippen LogP contribution in [-0.2, 0) is 28.2 Å². The first-order valence-corrected chi connectivity index (χ1v) is 8.59. The summed E-state index contributed by atoms with van der Waals surface area (Å²) in [7, 11) is 1.39. The van der Waals surface area contributed by atoms with Gasteiger partial charge in [-0.25, -0.2) is 10.5 Å². The second kappa shape index (κ2) is 6.17. The van der Waals surface area contributed by atoms with Crippen LogP contribution in [0.2, 0.25) is 0 Å². The summed E-state index contributed by atoms with van der Waals surface area (Å²) in [5.74, 6) is 1.16. The summed E-state index contributed by atoms with van der Waals surface area (Å²) in [5.41, 5.74) is 3.37. The summed E-state index contributed by atoms with van der Waals surface area (Å²) < 4.78 is 0. The Kier molecular flexibility index (Phi) is 4.27. The highest BCUT2D eigenvalue weighted by Crippen LogP contribution is 2.34. The van der Waals surface area contributed by atoms with E-state index in [0.717, 1.165) is 29.5 Å². The van der Waals surface area contributed by atoms with E-state index in [1.807, 2.05) is 0 Å². The van der Waals surface area contributed by atoms with Crippen molar-refractivity contribution >= 4 is 39.2 Å². The molecule has 2 aromatic heterocycles. The van der Waals surface area contributed by atoms with Crippen molar-refractivity contribution in [2.45, 2.75) is 25.0 Å². The summed E-state index contributed by atoms with van der Waals surface area (Å²) in [4.78, 5) is 37.5. The van der Waals surface area contributed by atoms with Crippen LogP contribution in [0.3, 0.4) is 0 Å². The normalized spacial score (nSPS) is 13.6. The van der Waals surface area contributed by atoms with Crippen molar-refractivity contribution in [2.24, 2.45) is 0 Å². The van der Waals surface area contributed by atoms with Gasteiger partial charge in [-0.15, -0.1) is 23.1 Å². The molecule has 21 heavy (non-hydrogen) atoms. The zero-order valence-corrected chi connectivity index (χ0v) is 13.2. The molecule has 6 nitrogen and oxygen atoms in total. The van der Waals surface area contributed by atoms with E-state index in [4.69, 9.17) is 0 Å². The van der Waals surface area contributed by atoms with Crippen LogP contribution in [0.4, 0.5) is 0 Å². The fourth-order valence-corrected chi connectivity index (χ4v) is 4.46. The molecule has 0 saturated carbocycles. The van der Waals surface area contributed by atoms with Gasteiger partial charge in [-0.05, 0) is 24.8 Å². The van der Waals surface area contributed by atoms with E-state index >= 15 is 0 Å². The lowest BCUT2D eigenvalue weighted by molar-refractivity contribution is -0.128. The van der Waals surface area contributed by atoms with Crippen molar-refractivity contribution in [1.82, 2.24) is 15.4 Å². The molecule has 0 saturated heterocycles. The number of thioether (sulfide) groups is 1. The first kappa shape index (κ1) is 14.6. The van der Waals surface area contributed by atoms with E-state index in [9.17, 15) is 9.59 Å². The Morgan fingerprint density at radius 2 is 2.38 bits per heavy atom. The van der Waals surface area contributed by atoms with Gasteiger partial charge in [0.05, 0.1) is 24.0 Å². The number of amides is 1. The highest BCUT2D eigenvalue weighted by Gasteiger charge is 2.21. The molecule has 0 atom stereocenters. The van der Waals surface area contributed by atoms with E-state index in [1.165, 1.54) is 29.3 Å². The zero-order valence-electron chi connectivity index (χ0n) is 11.5. The number of carbonyl (C=O) groups excluding carboxylic acids is 1. The summed E-state index contributed by atoms with van der Waals surface area (Å²) in [6.45, 7) is 0. The predicted octanol–water partition coefficient (Wildman–Crippen LogP) is 1.38. The molecule has 0 aromatic carbocycles. The number of hydrogen-bond donors (Lipinski definition) is 2. The molecule has 8 heteroatoms. The van der Waals surface area contributed by atoms with Gasteiger partial charge in [0.15, 0.2) is 0 Å². The number of aromatic amines is 1. The minimum Gasteiger partial charge on any atom is -0.309 e. The maximum atomic E-state index is 12.2. The third kappa shape index (κ3) is 2.97. The lowest BCUT2D eigenvalue weighted by Crippen LogP contribution is -2.23. The van der Waals surface area contributed by atoms with Crippen LogP contribution in [0.25, 0.3) is 10.2 Å². The van der Waals surface area contributed by atoms with Gasteiger partial charge in [-0.2, -0.15) is 0 Å². The number of hydrogen-bond acceptors (Lipinski definition) is 6. The molecule has 1 amide bonds. The van der Waals surface area contributed by atoms with Crippen LogP contribution in [0.15, 0.2) is 4.79 Å². The van der Waals surface area contributed by atoms with Crippen molar-refractivity contribution < 1.29 is 9.63 Å². The number of aromatic nitrogens is 2. The fourth-order valence-electron chi connectivity index (χ4n) is 2.50. The number of H-pyrrole nitrogens is 1. The Morgan fingerprint density at radius 3 is 3.19 bits per heavy atom. The molecule has 2 N–H and O–H groups in total. The zero-order chi connectivity index (χ0) is 14.8. The van der Waals surface area contributed by atoms with Crippen LogP contribution >= 0.6 is 23.1 Å². The molecule has 1 aliphatic rings. The monoisotopic (exact) mass is 325 g/mol. The molecule has 0 bridgehead atoms. The summed E-state index contributed by atoms with van der Waals surface area (Å²) >= 11 is 3.01. The standard InChI is InChI=1S/C13H15N3O3S2/c1-19-16-10(17)6-20-5-9-14-12(18)11-7-3-2-4-8(7)21-13(11)15-9/h2-6H2,1H3,(H,16,17)(H,14,15,18). The molecule has 3 rings (SSSR count). The largest absolute Gasteiger partial charge is 0.309 e. The Balaban J connectivity index is 1.76. The Bertz CT molecular complexity index is 738. The quantitative estimate of drug-likeness (QED) is 0.812. The molecule has 0 unspecified atom stereocenters. The van der Waals surface area contributed by atoms with Gasteiger partial charge in [0, 0.05) is 4.88 Å². The Morgan fingerprint density at radius 1 is 1.52 bits per heavy atom. The average molecular weight is 325 g/mol. The van der Waals surface area contributed by atoms with Gasteiger partial charge in [-0.1, -0.05) is 0 Å². The molecule has 2 heterocycles. The summed E-state index contributed by atoms with van der Waals surface area (Å²) in [6.07, 6.45) is 3.16. The van der Waals surface area contributed by atoms with Crippen LogP contribution in [0.5, 0.6) is 0 Å². The highest BCUT2D eigenvalue weighted by atomic mass is 32.2. The highest BCUT2D eigenvalue weighted by molar-refractivity contribution is 7.99. The van der Waals surface area contributed by atoms with E-state index in [2.05, 4.69) is 20.3 Å². The third-order valence-electron chi connectivity index (χ3n) is 3.31. The van der Waals surface area contributed by atoms with Crippen LogP contribution in [-0.4, -0.2) is 28.7 Å². The predicted molar refractivity (Wildman–Crippen MR) is 83.6 cm³/mol. The Hall–Kier alpha value is -1.38. The molecule has 0 aliphatic heterocycles. The van der Waals surface area contributed by atoms with E-state index in [-0.39, 0.29) is 17.2 Å². The van der Waals surface area contributed by atoms with Crippen molar-refractivity contribution in [3.05, 3.63) is 26.6 Å². The van der Waals surface area contributed by atoms with Crippen LogP contribution in [0, 0.1) is 0 Å². The van der Waals surface area contributed by atoms with Crippen LogP contribution < -0.4 is 11.0 Å². The van der Waals surface area contributed by atoms with E-state index in [0.29, 0.717) is 11.6 Å². The molecule has 0 fully saturated rings. The minimum absolute atomic E-state index is 0.0589. The molecular weight excluding hydrogens is 310 g/mol. The van der Waals surface area contributed by atoms with E-state index < -0.39 is 0 Å². The Labute approximate surface area is 129 Å². The van der Waals surface area contributed by atoms with Gasteiger partial charge < -0.3 is 4.98 Å². The molecule has 1 aliphatic carbocycles. The van der Waals surface area contributed by atoms with Gasteiger partial charge >= 0.3 is 0 Å². The second-order valence-electron chi connectivity index (χ2n) is 4.77. The smallest absolute Gasteiger partial charge is 0.259 e. The number of thiophene rings is 1. The average Bonchev–Trinajstić information content (AvgIpc) is 2.98. The van der Waals surface area contributed by atoms with Crippen molar-refractivity contribution in [2.75, 3.05) is 12.9 Å². The molecular formula is C13H15N3O3S2. The lowest BCUT2D eigenvalue weighted by atomic mass is 10.2. The number of hydroxylamine groups is 1. The SMILES string of the molecule is CONC(=O)CSCc1nc2sc3c(c2c(=O)[nH]1)CCC3. The van der Waals surface area contributed by atoms with Crippen molar-refractivity contribution in [3.63, 3.8) is 0 Å². The number of rotatable bonds is 5. The van der Waals surface area contributed by atoms with Crippen LogP contribution in [0.1, 0.15) is 22.7 Å². The van der Waals surface area contributed by atoms with Gasteiger partial charge in [0.2, 0.25) is 0 Å². The fraction of sp³-hybridized carbons (Fsp3) is 0.462. The summed E-state index contributed by atoms with van der Waals surface area (Å²) in [6, 6.07) is 0. The lowest BCUT2D eigenvalue weighted by Gasteiger charge is -2.02. The molecule has 112 valence electrons. The number of aryl methyl sites for hydroxylation is 2. The van der Waals surface area contributed by atoms with Crippen molar-refractivity contribution in [1.29, 1.82) is 0 Å². The van der Waals surface area contributed by atoms with Crippen molar-refractivity contribution in [3.8, 4) is 0 Å². The third-order valence-corrected chi connectivity index (χ3v) is 5.44. The first-order chi connectivity index (χ1) is 10.2. The number of nitrogens with one attached hydrogen (secondary N) is 2. The van der Waals surface area contributed by atoms with E-state index in [1.54, 1.807) is 11.3 Å². The molecule has 0 radical (unpaired) electrons. The first-order valence-electron chi connectivity index (χ1n) is 6.62. The van der Waals surface area contributed by atoms with Gasteiger partial charge in [0.25, 0.3) is 11.5 Å².